The van der Waals surface area contributed by atoms with Crippen molar-refractivity contribution in [3.8, 4) is 5.75 Å². The Morgan fingerprint density at radius 3 is 2.14 bits per heavy atom. The first-order chi connectivity index (χ1) is 13.9. The Balaban J connectivity index is 2.09. The third-order valence-electron chi connectivity index (χ3n) is 5.87. The van der Waals surface area contributed by atoms with Crippen LogP contribution >= 0.6 is 8.58 Å². The summed E-state index contributed by atoms with van der Waals surface area (Å²) in [4.78, 5) is 0. The van der Waals surface area contributed by atoms with E-state index in [4.69, 9.17) is 0 Å². The van der Waals surface area contributed by atoms with E-state index in [2.05, 4.69) is 52.0 Å². The topological polar surface area (TPSA) is 40.5 Å². The molecule has 29 heavy (non-hydrogen) atoms. The summed E-state index contributed by atoms with van der Waals surface area (Å²) in [6.45, 7) is 8.52. The van der Waals surface area contributed by atoms with E-state index in [1.54, 1.807) is 0 Å². The lowest BCUT2D eigenvalue weighted by molar-refractivity contribution is 0.221. The van der Waals surface area contributed by atoms with Gasteiger partial charge in [-0.2, -0.15) is 0 Å². The lowest BCUT2D eigenvalue weighted by Crippen LogP contribution is -2.24. The van der Waals surface area contributed by atoms with Crippen LogP contribution in [0.2, 0.25) is 0 Å². The van der Waals surface area contributed by atoms with Crippen LogP contribution in [0.25, 0.3) is 0 Å². The van der Waals surface area contributed by atoms with Crippen LogP contribution in [-0.2, 0) is 5.16 Å². The standard InChI is InChI=1S/C26H31O2P/c1-5-26(6-2,22-17-19(4)12-14-23(22)27)29-24-15-13-18(3)16-21(24)25(28)20-10-8-7-9-11-20/h7-17,25,27-29H,5-6H2,1-4H3. The Morgan fingerprint density at radius 2 is 1.48 bits per heavy atom. The van der Waals surface area contributed by atoms with Crippen molar-refractivity contribution >= 4 is 13.9 Å². The van der Waals surface area contributed by atoms with Crippen LogP contribution in [0.5, 0.6) is 5.75 Å². The monoisotopic (exact) mass is 406 g/mol. The van der Waals surface area contributed by atoms with E-state index >= 15 is 0 Å². The van der Waals surface area contributed by atoms with Gasteiger partial charge in [0, 0.05) is 10.7 Å². The smallest absolute Gasteiger partial charge is 0.119 e. The summed E-state index contributed by atoms with van der Waals surface area (Å²) in [7, 11) is 0.449. The fourth-order valence-corrected chi connectivity index (χ4v) is 5.73. The highest BCUT2D eigenvalue weighted by Crippen LogP contribution is 2.50. The van der Waals surface area contributed by atoms with Gasteiger partial charge in [0.15, 0.2) is 0 Å². The molecule has 0 aliphatic heterocycles. The van der Waals surface area contributed by atoms with Crippen LogP contribution in [0.1, 0.15) is 60.6 Å². The lowest BCUT2D eigenvalue weighted by Gasteiger charge is -2.34. The highest BCUT2D eigenvalue weighted by Gasteiger charge is 2.33. The Bertz CT molecular complexity index is 962. The van der Waals surface area contributed by atoms with Gasteiger partial charge in [0.05, 0.1) is 0 Å². The van der Waals surface area contributed by atoms with Gasteiger partial charge in [0.25, 0.3) is 0 Å². The average Bonchev–Trinajstić information content (AvgIpc) is 2.75. The molecule has 152 valence electrons. The maximum atomic E-state index is 11.2. The molecular formula is C26H31O2P. The van der Waals surface area contributed by atoms with E-state index in [1.165, 1.54) is 0 Å². The Morgan fingerprint density at radius 1 is 0.862 bits per heavy atom. The molecule has 3 aromatic carbocycles. The second kappa shape index (κ2) is 9.11. The number of aliphatic hydroxyl groups excluding tert-OH is 1. The van der Waals surface area contributed by atoms with Gasteiger partial charge >= 0.3 is 0 Å². The van der Waals surface area contributed by atoms with Crippen LogP contribution < -0.4 is 5.30 Å². The quantitative estimate of drug-likeness (QED) is 0.465. The molecule has 2 nitrogen and oxygen atoms in total. The third-order valence-corrected chi connectivity index (χ3v) is 8.05. The summed E-state index contributed by atoms with van der Waals surface area (Å²) in [5.41, 5.74) is 5.18. The molecule has 0 saturated heterocycles. The highest BCUT2D eigenvalue weighted by molar-refractivity contribution is 7.48. The zero-order valence-corrected chi connectivity index (χ0v) is 18.7. The second-order valence-corrected chi connectivity index (χ2v) is 9.58. The number of benzene rings is 3. The number of rotatable bonds is 7. The zero-order chi connectivity index (χ0) is 21.0. The average molecular weight is 407 g/mol. The summed E-state index contributed by atoms with van der Waals surface area (Å²) >= 11 is 0. The van der Waals surface area contributed by atoms with Crippen molar-refractivity contribution < 1.29 is 10.2 Å². The number of hydrogen-bond donors (Lipinski definition) is 2. The zero-order valence-electron chi connectivity index (χ0n) is 17.7. The molecule has 0 bridgehead atoms. The summed E-state index contributed by atoms with van der Waals surface area (Å²) in [5.74, 6) is 0.365. The number of phenolic OH excluding ortho intramolecular Hbond substituents is 1. The first kappa shape index (κ1) is 21.6. The fourth-order valence-electron chi connectivity index (χ4n) is 4.00. The molecule has 0 radical (unpaired) electrons. The van der Waals surface area contributed by atoms with Gasteiger partial charge in [-0.15, -0.1) is 0 Å². The summed E-state index contributed by atoms with van der Waals surface area (Å²) in [5, 5.41) is 22.8. The fraction of sp³-hybridized carbons (Fsp3) is 0.308. The van der Waals surface area contributed by atoms with Crippen molar-refractivity contribution in [2.24, 2.45) is 0 Å². The van der Waals surface area contributed by atoms with E-state index < -0.39 is 6.10 Å². The van der Waals surface area contributed by atoms with Gasteiger partial charge in [0.2, 0.25) is 0 Å². The minimum absolute atomic E-state index is 0.156. The van der Waals surface area contributed by atoms with Crippen LogP contribution in [-0.4, -0.2) is 10.2 Å². The predicted molar refractivity (Wildman–Crippen MR) is 125 cm³/mol. The number of phenols is 1. The van der Waals surface area contributed by atoms with Crippen LogP contribution in [0.3, 0.4) is 0 Å². The molecule has 3 rings (SSSR count). The Kier molecular flexibility index (Phi) is 6.77. The van der Waals surface area contributed by atoms with Crippen molar-refractivity contribution in [1.82, 2.24) is 0 Å². The van der Waals surface area contributed by atoms with Crippen molar-refractivity contribution in [3.63, 3.8) is 0 Å². The second-order valence-electron chi connectivity index (χ2n) is 7.84. The molecule has 0 saturated carbocycles. The molecule has 0 aromatic heterocycles. The van der Waals surface area contributed by atoms with Crippen molar-refractivity contribution in [1.29, 1.82) is 0 Å². The molecule has 0 heterocycles. The third kappa shape index (κ3) is 4.55. The number of aliphatic hydroxyl groups is 1. The molecule has 0 fully saturated rings. The van der Waals surface area contributed by atoms with E-state index in [0.717, 1.165) is 46.0 Å². The van der Waals surface area contributed by atoms with Crippen molar-refractivity contribution in [2.45, 2.75) is 51.8 Å². The molecule has 0 aliphatic carbocycles. The minimum Gasteiger partial charge on any atom is -0.508 e. The van der Waals surface area contributed by atoms with Gasteiger partial charge < -0.3 is 10.2 Å². The van der Waals surface area contributed by atoms with Crippen LogP contribution in [0, 0.1) is 13.8 Å². The van der Waals surface area contributed by atoms with Crippen LogP contribution in [0.4, 0.5) is 0 Å². The van der Waals surface area contributed by atoms with Gasteiger partial charge in [-0.05, 0) is 49.2 Å². The van der Waals surface area contributed by atoms with Gasteiger partial charge in [-0.25, -0.2) is 0 Å². The molecule has 3 heteroatoms. The largest absolute Gasteiger partial charge is 0.508 e. The normalized spacial score (nSPS) is 13.1. The summed E-state index contributed by atoms with van der Waals surface area (Å²) in [6, 6.07) is 22.1. The lowest BCUT2D eigenvalue weighted by atomic mass is 9.90. The summed E-state index contributed by atoms with van der Waals surface area (Å²) in [6.07, 6.45) is 1.19. The van der Waals surface area contributed by atoms with Crippen molar-refractivity contribution in [3.05, 3.63) is 94.5 Å². The van der Waals surface area contributed by atoms with Gasteiger partial charge in [-0.3, -0.25) is 0 Å². The number of aryl methyl sites for hydroxylation is 2. The maximum Gasteiger partial charge on any atom is 0.119 e. The number of aromatic hydroxyl groups is 1. The number of hydrogen-bond acceptors (Lipinski definition) is 2. The first-order valence-corrected chi connectivity index (χ1v) is 11.3. The minimum atomic E-state index is -0.656. The Hall–Kier alpha value is -2.15. The van der Waals surface area contributed by atoms with E-state index in [0.29, 0.717) is 14.3 Å². The maximum absolute atomic E-state index is 11.2. The predicted octanol–water partition coefficient (Wildman–Crippen LogP) is 6.11. The SMILES string of the molecule is CCC(CC)(Pc1ccc(C)cc1C(O)c1ccccc1)c1cc(C)ccc1O. The molecule has 2 N–H and O–H groups in total. The van der Waals surface area contributed by atoms with E-state index in [-0.39, 0.29) is 5.16 Å². The molecule has 0 aliphatic rings. The highest BCUT2D eigenvalue weighted by atomic mass is 31.1. The van der Waals surface area contributed by atoms with Gasteiger partial charge in [0.1, 0.15) is 11.9 Å². The van der Waals surface area contributed by atoms with Crippen LogP contribution in [0.15, 0.2) is 66.7 Å². The van der Waals surface area contributed by atoms with E-state index in [9.17, 15) is 10.2 Å². The molecule has 0 spiro atoms. The summed E-state index contributed by atoms with van der Waals surface area (Å²) < 4.78 is 0. The first-order valence-electron chi connectivity index (χ1n) is 10.3. The molecule has 3 aromatic rings. The molecule has 0 amide bonds. The molecular weight excluding hydrogens is 375 g/mol. The van der Waals surface area contributed by atoms with Crippen molar-refractivity contribution in [2.75, 3.05) is 0 Å². The Labute approximate surface area is 176 Å². The van der Waals surface area contributed by atoms with E-state index in [1.807, 2.05) is 42.5 Å². The molecule has 2 atom stereocenters. The van der Waals surface area contributed by atoms with Gasteiger partial charge in [-0.1, -0.05) is 94.2 Å². The molecule has 2 unspecified atom stereocenters.